The van der Waals surface area contributed by atoms with E-state index in [9.17, 15) is 4.79 Å². The van der Waals surface area contributed by atoms with Crippen molar-refractivity contribution in [1.82, 2.24) is 4.98 Å². The van der Waals surface area contributed by atoms with Gasteiger partial charge in [0, 0.05) is 17.0 Å². The maximum absolute atomic E-state index is 11.9. The molecular formula is C15H18N2O2S. The molecule has 20 heavy (non-hydrogen) atoms. The largest absolute Gasteiger partial charge is 0.497 e. The van der Waals surface area contributed by atoms with Crippen molar-refractivity contribution in [2.24, 2.45) is 0 Å². The van der Waals surface area contributed by atoms with Gasteiger partial charge in [-0.05, 0) is 24.3 Å². The number of benzene rings is 1. The third kappa shape index (κ3) is 3.81. The fraction of sp³-hybridized carbons (Fsp3) is 0.333. The Morgan fingerprint density at radius 3 is 2.60 bits per heavy atom. The molecule has 0 aliphatic heterocycles. The van der Waals surface area contributed by atoms with Gasteiger partial charge in [-0.2, -0.15) is 0 Å². The van der Waals surface area contributed by atoms with Gasteiger partial charge in [0.05, 0.1) is 24.2 Å². The van der Waals surface area contributed by atoms with Gasteiger partial charge in [0.1, 0.15) is 5.75 Å². The van der Waals surface area contributed by atoms with Crippen LogP contribution in [0.2, 0.25) is 0 Å². The van der Waals surface area contributed by atoms with Crippen LogP contribution in [-0.2, 0) is 11.2 Å². The molecule has 1 heterocycles. The molecule has 0 saturated carbocycles. The standard InChI is InChI=1S/C15H18N2O2S/c1-10(2)15-17-12(9-20-15)8-14(18)16-11-4-6-13(19-3)7-5-11/h4-7,9-10H,8H2,1-3H3,(H,16,18). The van der Waals surface area contributed by atoms with Crippen LogP contribution in [0.1, 0.15) is 30.5 Å². The number of hydrogen-bond acceptors (Lipinski definition) is 4. The number of thiazole rings is 1. The van der Waals surface area contributed by atoms with Crippen LogP contribution in [0.4, 0.5) is 5.69 Å². The van der Waals surface area contributed by atoms with Crippen LogP contribution in [-0.4, -0.2) is 18.0 Å². The van der Waals surface area contributed by atoms with Gasteiger partial charge in [-0.1, -0.05) is 13.8 Å². The summed E-state index contributed by atoms with van der Waals surface area (Å²) in [6, 6.07) is 7.26. The van der Waals surface area contributed by atoms with Crippen molar-refractivity contribution in [3.63, 3.8) is 0 Å². The van der Waals surface area contributed by atoms with E-state index in [1.165, 1.54) is 0 Å². The highest BCUT2D eigenvalue weighted by Gasteiger charge is 2.10. The van der Waals surface area contributed by atoms with E-state index in [4.69, 9.17) is 4.74 Å². The zero-order valence-corrected chi connectivity index (χ0v) is 12.7. The minimum Gasteiger partial charge on any atom is -0.497 e. The zero-order chi connectivity index (χ0) is 14.5. The van der Waals surface area contributed by atoms with Crippen molar-refractivity contribution >= 4 is 22.9 Å². The molecule has 0 fully saturated rings. The van der Waals surface area contributed by atoms with Crippen LogP contribution in [0.15, 0.2) is 29.6 Å². The molecule has 5 heteroatoms. The maximum atomic E-state index is 11.9. The molecule has 1 N–H and O–H groups in total. The Kier molecular flexibility index (Phi) is 4.74. The maximum Gasteiger partial charge on any atom is 0.230 e. The van der Waals surface area contributed by atoms with E-state index in [0.717, 1.165) is 22.1 Å². The normalized spacial score (nSPS) is 10.6. The summed E-state index contributed by atoms with van der Waals surface area (Å²) in [6.45, 7) is 4.19. The summed E-state index contributed by atoms with van der Waals surface area (Å²) >= 11 is 1.60. The Morgan fingerprint density at radius 1 is 1.35 bits per heavy atom. The predicted octanol–water partition coefficient (Wildman–Crippen LogP) is 3.46. The van der Waals surface area contributed by atoms with E-state index in [0.29, 0.717) is 12.3 Å². The van der Waals surface area contributed by atoms with Crippen molar-refractivity contribution in [3.05, 3.63) is 40.3 Å². The Labute approximate surface area is 122 Å². The summed E-state index contributed by atoms with van der Waals surface area (Å²) in [6.07, 6.45) is 0.301. The molecule has 0 saturated heterocycles. The summed E-state index contributed by atoms with van der Waals surface area (Å²) in [5, 5.41) is 5.86. The fourth-order valence-electron chi connectivity index (χ4n) is 1.71. The Balaban J connectivity index is 1.93. The summed E-state index contributed by atoms with van der Waals surface area (Å²) < 4.78 is 5.07. The second-order valence-corrected chi connectivity index (χ2v) is 5.67. The lowest BCUT2D eigenvalue weighted by Crippen LogP contribution is -2.14. The van der Waals surface area contributed by atoms with Crippen LogP contribution >= 0.6 is 11.3 Å². The highest BCUT2D eigenvalue weighted by Crippen LogP contribution is 2.20. The van der Waals surface area contributed by atoms with Crippen LogP contribution in [0, 0.1) is 0 Å². The van der Waals surface area contributed by atoms with E-state index >= 15 is 0 Å². The monoisotopic (exact) mass is 290 g/mol. The Bertz CT molecular complexity index is 576. The predicted molar refractivity (Wildman–Crippen MR) is 81.5 cm³/mol. The molecule has 0 atom stereocenters. The first-order valence-electron chi connectivity index (χ1n) is 6.46. The van der Waals surface area contributed by atoms with E-state index in [1.54, 1.807) is 18.4 Å². The zero-order valence-electron chi connectivity index (χ0n) is 11.8. The molecular weight excluding hydrogens is 272 g/mol. The van der Waals surface area contributed by atoms with E-state index in [-0.39, 0.29) is 5.91 Å². The van der Waals surface area contributed by atoms with Gasteiger partial charge in [0.25, 0.3) is 0 Å². The number of ether oxygens (including phenoxy) is 1. The number of nitrogens with one attached hydrogen (secondary N) is 1. The lowest BCUT2D eigenvalue weighted by Gasteiger charge is -2.05. The number of aromatic nitrogens is 1. The third-order valence-corrected chi connectivity index (χ3v) is 3.97. The van der Waals surface area contributed by atoms with Crippen molar-refractivity contribution in [3.8, 4) is 5.75 Å². The minimum absolute atomic E-state index is 0.0595. The molecule has 0 bridgehead atoms. The van der Waals surface area contributed by atoms with Gasteiger partial charge in [-0.3, -0.25) is 4.79 Å². The first-order chi connectivity index (χ1) is 9.58. The number of carbonyl (C=O) groups excluding carboxylic acids is 1. The average Bonchev–Trinajstić information content (AvgIpc) is 2.88. The summed E-state index contributed by atoms with van der Waals surface area (Å²) in [7, 11) is 1.61. The van der Waals surface area contributed by atoms with Gasteiger partial charge >= 0.3 is 0 Å². The second-order valence-electron chi connectivity index (χ2n) is 4.79. The highest BCUT2D eigenvalue weighted by atomic mass is 32.1. The fourth-order valence-corrected chi connectivity index (χ4v) is 2.55. The molecule has 0 radical (unpaired) electrons. The molecule has 0 aliphatic rings. The molecule has 1 amide bonds. The number of carbonyl (C=O) groups is 1. The lowest BCUT2D eigenvalue weighted by atomic mass is 10.2. The van der Waals surface area contributed by atoms with Crippen LogP contribution < -0.4 is 10.1 Å². The van der Waals surface area contributed by atoms with E-state index in [1.807, 2.05) is 29.6 Å². The highest BCUT2D eigenvalue weighted by molar-refractivity contribution is 7.09. The number of rotatable bonds is 5. The molecule has 2 aromatic rings. The molecule has 0 spiro atoms. The molecule has 1 aromatic carbocycles. The number of hydrogen-bond donors (Lipinski definition) is 1. The van der Waals surface area contributed by atoms with E-state index < -0.39 is 0 Å². The third-order valence-electron chi connectivity index (χ3n) is 2.78. The van der Waals surface area contributed by atoms with E-state index in [2.05, 4.69) is 24.1 Å². The van der Waals surface area contributed by atoms with Crippen molar-refractivity contribution in [2.45, 2.75) is 26.2 Å². The Hall–Kier alpha value is -1.88. The van der Waals surface area contributed by atoms with Gasteiger partial charge in [-0.25, -0.2) is 4.98 Å². The minimum atomic E-state index is -0.0595. The van der Waals surface area contributed by atoms with Crippen LogP contribution in [0.3, 0.4) is 0 Å². The van der Waals surface area contributed by atoms with Crippen molar-refractivity contribution < 1.29 is 9.53 Å². The molecule has 0 unspecified atom stereocenters. The smallest absolute Gasteiger partial charge is 0.230 e. The van der Waals surface area contributed by atoms with Crippen molar-refractivity contribution in [1.29, 1.82) is 0 Å². The first-order valence-corrected chi connectivity index (χ1v) is 7.34. The molecule has 2 rings (SSSR count). The number of anilines is 1. The SMILES string of the molecule is COc1ccc(NC(=O)Cc2csc(C(C)C)n2)cc1. The van der Waals surface area contributed by atoms with Gasteiger partial charge in [-0.15, -0.1) is 11.3 Å². The number of nitrogens with zero attached hydrogens (tertiary/aromatic N) is 1. The first kappa shape index (κ1) is 14.5. The summed E-state index contributed by atoms with van der Waals surface area (Å²) in [4.78, 5) is 16.4. The lowest BCUT2D eigenvalue weighted by molar-refractivity contribution is -0.115. The van der Waals surface area contributed by atoms with Gasteiger partial charge in [0.2, 0.25) is 5.91 Å². The molecule has 1 aromatic heterocycles. The Morgan fingerprint density at radius 2 is 2.05 bits per heavy atom. The quantitative estimate of drug-likeness (QED) is 0.917. The number of methoxy groups -OCH3 is 1. The molecule has 0 aliphatic carbocycles. The van der Waals surface area contributed by atoms with Gasteiger partial charge in [0.15, 0.2) is 0 Å². The summed E-state index contributed by atoms with van der Waals surface area (Å²) in [5.74, 6) is 1.11. The van der Waals surface area contributed by atoms with Crippen LogP contribution in [0.25, 0.3) is 0 Å². The topological polar surface area (TPSA) is 51.2 Å². The number of amides is 1. The molecule has 4 nitrogen and oxygen atoms in total. The summed E-state index contributed by atoms with van der Waals surface area (Å²) in [5.41, 5.74) is 1.58. The average molecular weight is 290 g/mol. The van der Waals surface area contributed by atoms with Crippen molar-refractivity contribution in [2.75, 3.05) is 12.4 Å². The van der Waals surface area contributed by atoms with Crippen LogP contribution in [0.5, 0.6) is 5.75 Å². The van der Waals surface area contributed by atoms with Gasteiger partial charge < -0.3 is 10.1 Å². The second kappa shape index (κ2) is 6.52. The molecule has 106 valence electrons.